The summed E-state index contributed by atoms with van der Waals surface area (Å²) in [6, 6.07) is 49.5. The average Bonchev–Trinajstić information content (AvgIpc) is 3.02. The molecule has 0 aliphatic rings. The van der Waals surface area contributed by atoms with Crippen molar-refractivity contribution in [3.05, 3.63) is 212 Å². The van der Waals surface area contributed by atoms with Crippen LogP contribution in [0.3, 0.4) is 0 Å². The standard InChI is InChI=1S/C44H40/c1-29-13-21-35(22-14-29)43(36-23-15-30(2)16-24-36)39-11-7-9-33(5)41(39)42-34(6)10-8-12-40(42)44(37-25-17-31(3)18-26-37)38-27-19-32(4)20-28-38/h7-28H,1-6H3/q+2. The second kappa shape index (κ2) is 12.3. The molecular weight excluding hydrogens is 528 g/mol. The molecule has 6 aromatic rings. The third kappa shape index (κ3) is 5.81. The van der Waals surface area contributed by atoms with Gasteiger partial charge in [0, 0.05) is 0 Å². The van der Waals surface area contributed by atoms with E-state index < -0.39 is 0 Å². The average molecular weight is 569 g/mol. The van der Waals surface area contributed by atoms with Crippen LogP contribution in [0.4, 0.5) is 0 Å². The molecule has 0 fully saturated rings. The second-order valence-electron chi connectivity index (χ2n) is 12.2. The van der Waals surface area contributed by atoms with Crippen LogP contribution in [-0.2, 0) is 0 Å². The summed E-state index contributed by atoms with van der Waals surface area (Å²) in [6.07, 6.45) is 0. The van der Waals surface area contributed by atoms with Crippen LogP contribution in [-0.4, -0.2) is 0 Å². The SMILES string of the molecule is Cc1ccc([C+](c2ccc(C)cc2)c2cccc(C)c2-c2c(C)cccc2[C+](c2ccc(C)cc2)c2ccc(C)cc2)cc1. The van der Waals surface area contributed by atoms with E-state index >= 15 is 0 Å². The van der Waals surface area contributed by atoms with Crippen molar-refractivity contribution in [3.8, 4) is 11.1 Å². The number of hydrogen-bond acceptors (Lipinski definition) is 0. The minimum absolute atomic E-state index is 1.22. The monoisotopic (exact) mass is 568 g/mol. The van der Waals surface area contributed by atoms with Crippen LogP contribution in [0.1, 0.15) is 66.8 Å². The van der Waals surface area contributed by atoms with E-state index in [9.17, 15) is 0 Å². The van der Waals surface area contributed by atoms with E-state index in [1.165, 1.54) is 89.7 Å². The summed E-state index contributed by atoms with van der Waals surface area (Å²) in [5, 5.41) is 0. The summed E-state index contributed by atoms with van der Waals surface area (Å²) in [4.78, 5) is 0. The van der Waals surface area contributed by atoms with Crippen LogP contribution in [0.15, 0.2) is 133 Å². The second-order valence-corrected chi connectivity index (χ2v) is 12.2. The number of rotatable bonds is 7. The molecule has 0 N–H and O–H groups in total. The van der Waals surface area contributed by atoms with Gasteiger partial charge in [0.15, 0.2) is 0 Å². The highest BCUT2D eigenvalue weighted by Crippen LogP contribution is 2.45. The molecule has 0 unspecified atom stereocenters. The predicted molar refractivity (Wildman–Crippen MR) is 187 cm³/mol. The molecule has 214 valence electrons. The smallest absolute Gasteiger partial charge is 0.0470 e. The first-order valence-electron chi connectivity index (χ1n) is 15.5. The van der Waals surface area contributed by atoms with E-state index in [1.54, 1.807) is 0 Å². The molecule has 0 aromatic heterocycles. The Balaban J connectivity index is 1.64. The lowest BCUT2D eigenvalue weighted by Crippen LogP contribution is -2.11. The van der Waals surface area contributed by atoms with Gasteiger partial charge >= 0.3 is 0 Å². The van der Waals surface area contributed by atoms with Crippen LogP contribution in [0.2, 0.25) is 0 Å². The van der Waals surface area contributed by atoms with Gasteiger partial charge in [-0.3, -0.25) is 0 Å². The molecule has 0 spiro atoms. The Morgan fingerprint density at radius 3 is 0.795 bits per heavy atom. The molecule has 44 heavy (non-hydrogen) atoms. The lowest BCUT2D eigenvalue weighted by Gasteiger charge is -2.22. The molecule has 0 amide bonds. The van der Waals surface area contributed by atoms with E-state index in [4.69, 9.17) is 0 Å². The summed E-state index contributed by atoms with van der Waals surface area (Å²) >= 11 is 0. The van der Waals surface area contributed by atoms with Gasteiger partial charge in [0.05, 0.1) is 56.3 Å². The van der Waals surface area contributed by atoms with Crippen molar-refractivity contribution in [3.63, 3.8) is 0 Å². The molecule has 0 saturated heterocycles. The van der Waals surface area contributed by atoms with Gasteiger partial charge in [-0.15, -0.1) is 0 Å². The molecule has 0 nitrogen and oxygen atoms in total. The Bertz CT molecular complexity index is 1640. The normalized spacial score (nSPS) is 11.0. The third-order valence-corrected chi connectivity index (χ3v) is 8.70. The lowest BCUT2D eigenvalue weighted by atomic mass is 9.75. The molecule has 6 rings (SSSR count). The molecular formula is C44H40+2. The molecule has 0 aliphatic carbocycles. The van der Waals surface area contributed by atoms with Crippen molar-refractivity contribution < 1.29 is 0 Å². The minimum Gasteiger partial charge on any atom is -0.0470 e. The van der Waals surface area contributed by atoms with Crippen molar-refractivity contribution >= 4 is 0 Å². The molecule has 0 radical (unpaired) electrons. The Labute approximate surface area is 264 Å². The zero-order valence-corrected chi connectivity index (χ0v) is 26.7. The Morgan fingerprint density at radius 2 is 0.545 bits per heavy atom. The Kier molecular flexibility index (Phi) is 8.18. The summed E-state index contributed by atoms with van der Waals surface area (Å²) < 4.78 is 0. The quantitative estimate of drug-likeness (QED) is 0.133. The zero-order valence-electron chi connectivity index (χ0n) is 26.7. The van der Waals surface area contributed by atoms with Crippen LogP contribution < -0.4 is 0 Å². The fourth-order valence-electron chi connectivity index (χ4n) is 6.25. The summed E-state index contributed by atoms with van der Waals surface area (Å²) in [7, 11) is 0. The van der Waals surface area contributed by atoms with Gasteiger partial charge in [0.25, 0.3) is 0 Å². The first-order valence-corrected chi connectivity index (χ1v) is 15.5. The van der Waals surface area contributed by atoms with Crippen molar-refractivity contribution in [1.82, 2.24) is 0 Å². The van der Waals surface area contributed by atoms with Gasteiger partial charge in [-0.05, 0) is 208 Å². The molecule has 0 heteroatoms. The summed E-state index contributed by atoms with van der Waals surface area (Å²) in [6.45, 7) is 13.1. The summed E-state index contributed by atoms with van der Waals surface area (Å²) in [5.41, 5.74) is 17.6. The van der Waals surface area contributed by atoms with E-state index in [0.29, 0.717) is 0 Å². The maximum absolute atomic E-state index is 2.31. The molecule has 0 atom stereocenters. The van der Waals surface area contributed by atoms with E-state index in [-0.39, 0.29) is 0 Å². The Hall–Kier alpha value is -4.94. The van der Waals surface area contributed by atoms with Crippen LogP contribution in [0.5, 0.6) is 0 Å². The molecule has 0 bridgehead atoms. The number of benzene rings is 6. The molecule has 0 saturated carbocycles. The van der Waals surface area contributed by atoms with E-state index in [1.807, 2.05) is 0 Å². The number of hydrogen-bond donors (Lipinski definition) is 0. The minimum atomic E-state index is 1.22. The fourth-order valence-corrected chi connectivity index (χ4v) is 6.25. The summed E-state index contributed by atoms with van der Waals surface area (Å²) in [5.74, 6) is 2.51. The molecule has 0 aliphatic heterocycles. The highest BCUT2D eigenvalue weighted by atomic mass is 14.3. The highest BCUT2D eigenvalue weighted by Gasteiger charge is 2.33. The van der Waals surface area contributed by atoms with E-state index in [2.05, 4.69) is 175 Å². The Morgan fingerprint density at radius 1 is 0.295 bits per heavy atom. The van der Waals surface area contributed by atoms with Crippen molar-refractivity contribution in [2.45, 2.75) is 41.5 Å². The maximum atomic E-state index is 2.31. The first-order chi connectivity index (χ1) is 21.3. The van der Waals surface area contributed by atoms with Gasteiger partial charge in [0.2, 0.25) is 0 Å². The third-order valence-electron chi connectivity index (χ3n) is 8.70. The highest BCUT2D eigenvalue weighted by molar-refractivity contribution is 5.84. The van der Waals surface area contributed by atoms with Gasteiger partial charge in [-0.25, -0.2) is 0 Å². The van der Waals surface area contributed by atoms with Gasteiger partial charge in [0.1, 0.15) is 0 Å². The van der Waals surface area contributed by atoms with Crippen molar-refractivity contribution in [1.29, 1.82) is 0 Å². The lowest BCUT2D eigenvalue weighted by molar-refractivity contribution is 1.18. The maximum Gasteiger partial charge on any atom is 0.0676 e. The van der Waals surface area contributed by atoms with E-state index in [0.717, 1.165) is 0 Å². The first kappa shape index (κ1) is 29.1. The topological polar surface area (TPSA) is 0 Å². The zero-order chi connectivity index (χ0) is 30.8. The van der Waals surface area contributed by atoms with Crippen LogP contribution in [0.25, 0.3) is 11.1 Å². The predicted octanol–water partition coefficient (Wildman–Crippen LogP) is 11.2. The fraction of sp³-hybridized carbons (Fsp3) is 0.136. The van der Waals surface area contributed by atoms with Crippen molar-refractivity contribution in [2.24, 2.45) is 0 Å². The molecule has 0 heterocycles. The van der Waals surface area contributed by atoms with Crippen LogP contribution in [0, 0.1) is 53.4 Å². The number of aryl methyl sites for hydroxylation is 6. The van der Waals surface area contributed by atoms with Crippen LogP contribution >= 0.6 is 0 Å². The van der Waals surface area contributed by atoms with Crippen molar-refractivity contribution in [2.75, 3.05) is 0 Å². The molecule has 6 aromatic carbocycles. The van der Waals surface area contributed by atoms with Gasteiger partial charge in [-0.1, -0.05) is 0 Å². The largest absolute Gasteiger partial charge is 0.0676 e. The van der Waals surface area contributed by atoms with Gasteiger partial charge in [-0.2, -0.15) is 0 Å². The van der Waals surface area contributed by atoms with Gasteiger partial charge < -0.3 is 0 Å².